The van der Waals surface area contributed by atoms with Gasteiger partial charge in [-0.15, -0.1) is 0 Å². The molecule has 0 radical (unpaired) electrons. The van der Waals surface area contributed by atoms with Crippen molar-refractivity contribution in [1.29, 1.82) is 0 Å². The molecule has 1 amide bonds. The van der Waals surface area contributed by atoms with Crippen LogP contribution < -0.4 is 5.32 Å². The number of amides is 1. The monoisotopic (exact) mass is 458 g/mol. The van der Waals surface area contributed by atoms with Crippen molar-refractivity contribution in [3.05, 3.63) is 82.7 Å². The molecule has 0 aliphatic heterocycles. The largest absolute Gasteiger partial charge is 0.480 e. The molecule has 2 N–H and O–H groups in total. The van der Waals surface area contributed by atoms with Gasteiger partial charge in [-0.25, -0.2) is 9.97 Å². The number of carboxylic acid groups (broad SMARTS) is 1. The Hall–Kier alpha value is -3.95. The van der Waals surface area contributed by atoms with Gasteiger partial charge < -0.3 is 15.3 Å². The third-order valence-corrected chi connectivity index (χ3v) is 4.76. The molecule has 3 rings (SSSR count). The number of alkyl halides is 3. The molecule has 3 aromatic rings. The second kappa shape index (κ2) is 9.68. The lowest BCUT2D eigenvalue weighted by molar-refractivity contribution is -0.139. The smallest absolute Gasteiger partial charge is 0.416 e. The van der Waals surface area contributed by atoms with Crippen LogP contribution in [0.3, 0.4) is 0 Å². The van der Waals surface area contributed by atoms with Crippen LogP contribution in [0.1, 0.15) is 32.7 Å². The first-order valence-corrected chi connectivity index (χ1v) is 9.87. The predicted molar refractivity (Wildman–Crippen MR) is 115 cm³/mol. The standard InChI is InChI=1S/C23H21F3N4O3/c1-14-6-8-18(9-7-14)29-22-27-11-19(15(2)28-22)21(33)30(13-20(31)32)12-16-4-3-5-17(10-16)23(24,25)26/h3-11H,12-13H2,1-2H3,(H,31,32)(H,27,28,29). The van der Waals surface area contributed by atoms with Gasteiger partial charge in [0.15, 0.2) is 0 Å². The fourth-order valence-electron chi connectivity index (χ4n) is 3.10. The molecular weight excluding hydrogens is 437 g/mol. The summed E-state index contributed by atoms with van der Waals surface area (Å²) < 4.78 is 39.0. The molecule has 2 aromatic carbocycles. The molecule has 0 fully saturated rings. The molecule has 0 aliphatic carbocycles. The van der Waals surface area contributed by atoms with Gasteiger partial charge in [-0.3, -0.25) is 9.59 Å². The maximum absolute atomic E-state index is 13.0. The fourth-order valence-corrected chi connectivity index (χ4v) is 3.10. The van der Waals surface area contributed by atoms with Crippen LogP contribution in [0.5, 0.6) is 0 Å². The number of carbonyl (C=O) groups is 2. The maximum atomic E-state index is 13.0. The SMILES string of the molecule is Cc1ccc(Nc2ncc(C(=O)N(CC(=O)O)Cc3cccc(C(F)(F)F)c3)c(C)n2)cc1. The number of halogens is 3. The van der Waals surface area contributed by atoms with Gasteiger partial charge in [0.05, 0.1) is 16.8 Å². The Morgan fingerprint density at radius 2 is 1.79 bits per heavy atom. The first kappa shape index (κ1) is 23.7. The number of hydrogen-bond donors (Lipinski definition) is 2. The summed E-state index contributed by atoms with van der Waals surface area (Å²) in [6.45, 7) is 2.50. The topological polar surface area (TPSA) is 95.4 Å². The summed E-state index contributed by atoms with van der Waals surface area (Å²) in [4.78, 5) is 33.7. The zero-order valence-electron chi connectivity index (χ0n) is 17.8. The van der Waals surface area contributed by atoms with E-state index in [2.05, 4.69) is 15.3 Å². The molecule has 172 valence electrons. The Kier molecular flexibility index (Phi) is 6.95. The van der Waals surface area contributed by atoms with Crippen LogP contribution in [0.2, 0.25) is 0 Å². The quantitative estimate of drug-likeness (QED) is 0.538. The third kappa shape index (κ3) is 6.28. The lowest BCUT2D eigenvalue weighted by atomic mass is 10.1. The molecule has 0 saturated heterocycles. The van der Waals surface area contributed by atoms with Crippen molar-refractivity contribution in [2.75, 3.05) is 11.9 Å². The number of nitrogens with zero attached hydrogens (tertiary/aromatic N) is 3. The van der Waals surface area contributed by atoms with Crippen LogP contribution in [0.25, 0.3) is 0 Å². The van der Waals surface area contributed by atoms with E-state index in [9.17, 15) is 27.9 Å². The highest BCUT2D eigenvalue weighted by atomic mass is 19.4. The Labute approximate surface area is 187 Å². The van der Waals surface area contributed by atoms with Crippen LogP contribution in [0, 0.1) is 13.8 Å². The molecule has 0 atom stereocenters. The molecule has 0 bridgehead atoms. The minimum absolute atomic E-state index is 0.0534. The van der Waals surface area contributed by atoms with Crippen LogP contribution in [-0.2, 0) is 17.5 Å². The summed E-state index contributed by atoms with van der Waals surface area (Å²) in [7, 11) is 0. The highest BCUT2D eigenvalue weighted by Gasteiger charge is 2.31. The summed E-state index contributed by atoms with van der Waals surface area (Å²) >= 11 is 0. The van der Waals surface area contributed by atoms with E-state index in [0.29, 0.717) is 5.69 Å². The summed E-state index contributed by atoms with van der Waals surface area (Å²) in [5.74, 6) is -1.75. The minimum atomic E-state index is -4.55. The van der Waals surface area contributed by atoms with E-state index in [0.717, 1.165) is 28.3 Å². The molecule has 0 unspecified atom stereocenters. The third-order valence-electron chi connectivity index (χ3n) is 4.76. The second-order valence-electron chi connectivity index (χ2n) is 7.44. The fraction of sp³-hybridized carbons (Fsp3) is 0.217. The Morgan fingerprint density at radius 1 is 1.09 bits per heavy atom. The lowest BCUT2D eigenvalue weighted by Crippen LogP contribution is -2.36. The molecule has 0 spiro atoms. The molecule has 10 heteroatoms. The van der Waals surface area contributed by atoms with E-state index >= 15 is 0 Å². The predicted octanol–water partition coefficient (Wildman–Crippen LogP) is 4.58. The van der Waals surface area contributed by atoms with Crippen molar-refractivity contribution in [3.63, 3.8) is 0 Å². The first-order chi connectivity index (χ1) is 15.5. The van der Waals surface area contributed by atoms with Gasteiger partial charge >= 0.3 is 12.1 Å². The Bertz CT molecular complexity index is 1160. The van der Waals surface area contributed by atoms with Gasteiger partial charge in [0.2, 0.25) is 5.95 Å². The van der Waals surface area contributed by atoms with Crippen molar-refractivity contribution in [1.82, 2.24) is 14.9 Å². The highest BCUT2D eigenvalue weighted by Crippen LogP contribution is 2.30. The number of benzene rings is 2. The van der Waals surface area contributed by atoms with Crippen LogP contribution in [-0.4, -0.2) is 38.4 Å². The number of aliphatic carboxylic acids is 1. The Morgan fingerprint density at radius 3 is 2.39 bits per heavy atom. The van der Waals surface area contributed by atoms with Crippen molar-refractivity contribution in [3.8, 4) is 0 Å². The van der Waals surface area contributed by atoms with E-state index in [1.807, 2.05) is 31.2 Å². The number of anilines is 2. The Balaban J connectivity index is 1.83. The van der Waals surface area contributed by atoms with Crippen LogP contribution >= 0.6 is 0 Å². The average Bonchev–Trinajstić information content (AvgIpc) is 2.74. The van der Waals surface area contributed by atoms with Crippen molar-refractivity contribution < 1.29 is 27.9 Å². The summed E-state index contributed by atoms with van der Waals surface area (Å²) in [5.41, 5.74) is 1.44. The summed E-state index contributed by atoms with van der Waals surface area (Å²) in [6.07, 6.45) is -3.29. The first-order valence-electron chi connectivity index (χ1n) is 9.87. The summed E-state index contributed by atoms with van der Waals surface area (Å²) in [5, 5.41) is 12.2. The maximum Gasteiger partial charge on any atom is 0.416 e. The minimum Gasteiger partial charge on any atom is -0.480 e. The van der Waals surface area contributed by atoms with Gasteiger partial charge in [-0.2, -0.15) is 13.2 Å². The lowest BCUT2D eigenvalue weighted by Gasteiger charge is -2.22. The van der Waals surface area contributed by atoms with Gasteiger partial charge in [-0.05, 0) is 43.7 Å². The van der Waals surface area contributed by atoms with Crippen molar-refractivity contribution in [2.45, 2.75) is 26.6 Å². The highest BCUT2D eigenvalue weighted by molar-refractivity contribution is 5.96. The van der Waals surface area contributed by atoms with Gasteiger partial charge in [0.25, 0.3) is 5.91 Å². The van der Waals surface area contributed by atoms with E-state index in [4.69, 9.17) is 0 Å². The number of hydrogen-bond acceptors (Lipinski definition) is 5. The number of nitrogens with one attached hydrogen (secondary N) is 1. The number of carboxylic acids is 1. The zero-order valence-corrected chi connectivity index (χ0v) is 17.8. The molecule has 33 heavy (non-hydrogen) atoms. The average molecular weight is 458 g/mol. The number of aromatic nitrogens is 2. The molecule has 7 nitrogen and oxygen atoms in total. The molecule has 1 aromatic heterocycles. The zero-order chi connectivity index (χ0) is 24.2. The van der Waals surface area contributed by atoms with E-state index in [1.165, 1.54) is 18.3 Å². The molecule has 0 saturated carbocycles. The van der Waals surface area contributed by atoms with Gasteiger partial charge in [0, 0.05) is 18.4 Å². The second-order valence-corrected chi connectivity index (χ2v) is 7.44. The van der Waals surface area contributed by atoms with Crippen molar-refractivity contribution in [2.24, 2.45) is 0 Å². The van der Waals surface area contributed by atoms with Gasteiger partial charge in [0.1, 0.15) is 6.54 Å². The molecular formula is C23H21F3N4O3. The molecule has 0 aliphatic rings. The van der Waals surface area contributed by atoms with E-state index in [1.54, 1.807) is 6.92 Å². The number of aryl methyl sites for hydroxylation is 2. The normalized spacial score (nSPS) is 11.2. The summed E-state index contributed by atoms with van der Waals surface area (Å²) in [6, 6.07) is 11.9. The van der Waals surface area contributed by atoms with E-state index in [-0.39, 0.29) is 23.6 Å². The number of carbonyl (C=O) groups excluding carboxylic acids is 1. The van der Waals surface area contributed by atoms with E-state index < -0.39 is 30.2 Å². The van der Waals surface area contributed by atoms with Crippen molar-refractivity contribution >= 4 is 23.5 Å². The number of rotatable bonds is 7. The molecule has 1 heterocycles. The van der Waals surface area contributed by atoms with Gasteiger partial charge in [-0.1, -0.05) is 29.8 Å². The van der Waals surface area contributed by atoms with Crippen LogP contribution in [0.4, 0.5) is 24.8 Å². The van der Waals surface area contributed by atoms with Crippen LogP contribution in [0.15, 0.2) is 54.7 Å².